The standard InChI is InChI=1S/C23H19NO2/c25-23(24-17-10-4-2-1-3-5-11-17)26-16-22-20-14-8-6-12-18(20)19-13-7-9-15-21(19)22/h1-15,22H,16H2,(H,24,25)/b2-1-,3-1?,4-2?,5-3-,10-4-,11-5?,17-10?,17-11+. The molecular formula is C23H19NO2. The van der Waals surface area contributed by atoms with E-state index in [4.69, 9.17) is 4.74 Å². The maximum Gasteiger partial charge on any atom is 0.411 e. The third kappa shape index (κ3) is 3.24. The van der Waals surface area contributed by atoms with Gasteiger partial charge < -0.3 is 4.74 Å². The van der Waals surface area contributed by atoms with Crippen molar-refractivity contribution in [2.75, 3.05) is 6.61 Å². The lowest BCUT2D eigenvalue weighted by atomic mass is 9.98. The van der Waals surface area contributed by atoms with Crippen LogP contribution in [-0.2, 0) is 4.74 Å². The maximum absolute atomic E-state index is 12.2. The Morgan fingerprint density at radius 3 is 2.19 bits per heavy atom. The smallest absolute Gasteiger partial charge is 0.411 e. The van der Waals surface area contributed by atoms with Gasteiger partial charge in [0.05, 0.1) is 0 Å². The average Bonchev–Trinajstić information content (AvgIpc) is 2.96. The molecule has 0 saturated heterocycles. The van der Waals surface area contributed by atoms with E-state index in [1.54, 1.807) is 0 Å². The molecule has 2 aromatic carbocycles. The highest BCUT2D eigenvalue weighted by Crippen LogP contribution is 2.44. The van der Waals surface area contributed by atoms with Gasteiger partial charge in [-0.05, 0) is 34.4 Å². The number of carbonyl (C=O) groups is 1. The zero-order valence-corrected chi connectivity index (χ0v) is 14.3. The van der Waals surface area contributed by atoms with Gasteiger partial charge >= 0.3 is 6.09 Å². The number of hydrogen-bond donors (Lipinski definition) is 1. The summed E-state index contributed by atoms with van der Waals surface area (Å²) in [4.78, 5) is 12.2. The third-order valence-corrected chi connectivity index (χ3v) is 4.59. The summed E-state index contributed by atoms with van der Waals surface area (Å²) in [5.74, 6) is 0.0674. The van der Waals surface area contributed by atoms with Gasteiger partial charge in [0.1, 0.15) is 6.61 Å². The molecule has 26 heavy (non-hydrogen) atoms. The minimum absolute atomic E-state index is 0.0674. The molecule has 0 bridgehead atoms. The van der Waals surface area contributed by atoms with E-state index < -0.39 is 6.09 Å². The Morgan fingerprint density at radius 1 is 0.846 bits per heavy atom. The molecule has 128 valence electrons. The molecule has 0 unspecified atom stereocenters. The summed E-state index contributed by atoms with van der Waals surface area (Å²) in [7, 11) is 0. The van der Waals surface area contributed by atoms with E-state index in [0.717, 1.165) is 0 Å². The Hall–Kier alpha value is -3.33. The molecule has 2 aromatic rings. The second-order valence-corrected chi connectivity index (χ2v) is 6.20. The summed E-state index contributed by atoms with van der Waals surface area (Å²) in [5.41, 5.74) is 5.56. The molecule has 3 nitrogen and oxygen atoms in total. The number of benzene rings is 2. The van der Waals surface area contributed by atoms with Crippen molar-refractivity contribution in [1.82, 2.24) is 5.32 Å². The second kappa shape index (κ2) is 7.28. The first-order valence-electron chi connectivity index (χ1n) is 8.66. The molecule has 3 heteroatoms. The fourth-order valence-electron chi connectivity index (χ4n) is 3.40. The van der Waals surface area contributed by atoms with Crippen LogP contribution in [0, 0.1) is 0 Å². The zero-order chi connectivity index (χ0) is 17.8. The Labute approximate surface area is 153 Å². The van der Waals surface area contributed by atoms with Crippen molar-refractivity contribution in [3.05, 3.63) is 108 Å². The van der Waals surface area contributed by atoms with Crippen LogP contribution in [0.1, 0.15) is 17.0 Å². The number of carbonyl (C=O) groups excluding carboxylic acids is 1. The summed E-state index contributed by atoms with van der Waals surface area (Å²) in [6.07, 6.45) is 12.7. The highest BCUT2D eigenvalue weighted by molar-refractivity contribution is 5.79. The van der Waals surface area contributed by atoms with Crippen LogP contribution in [0.25, 0.3) is 11.1 Å². The molecule has 0 heterocycles. The largest absolute Gasteiger partial charge is 0.448 e. The fraction of sp³-hybridized carbons (Fsp3) is 0.0870. The number of allylic oxidation sites excluding steroid dienone is 7. The van der Waals surface area contributed by atoms with Crippen LogP contribution >= 0.6 is 0 Å². The molecule has 0 aliphatic heterocycles. The fourth-order valence-corrected chi connectivity index (χ4v) is 3.40. The highest BCUT2D eigenvalue weighted by Gasteiger charge is 2.28. The van der Waals surface area contributed by atoms with Gasteiger partial charge in [-0.25, -0.2) is 4.79 Å². The van der Waals surface area contributed by atoms with Gasteiger partial charge in [0.25, 0.3) is 0 Å². The molecule has 2 aliphatic carbocycles. The summed E-state index contributed by atoms with van der Waals surface area (Å²) >= 11 is 0. The van der Waals surface area contributed by atoms with Gasteiger partial charge in [-0.2, -0.15) is 0 Å². The summed E-state index contributed by atoms with van der Waals surface area (Å²) in [6, 6.07) is 16.6. The Bertz CT molecular complexity index is 905. The van der Waals surface area contributed by atoms with Gasteiger partial charge in [0.15, 0.2) is 0 Å². The maximum atomic E-state index is 12.2. The lowest BCUT2D eigenvalue weighted by Gasteiger charge is -2.14. The van der Waals surface area contributed by atoms with Crippen molar-refractivity contribution in [3.63, 3.8) is 0 Å². The minimum atomic E-state index is -0.444. The van der Waals surface area contributed by atoms with Crippen LogP contribution in [0.2, 0.25) is 0 Å². The van der Waals surface area contributed by atoms with E-state index in [9.17, 15) is 4.79 Å². The number of hydrogen-bond acceptors (Lipinski definition) is 2. The molecule has 0 fully saturated rings. The molecule has 0 spiro atoms. The van der Waals surface area contributed by atoms with E-state index in [2.05, 4.69) is 29.6 Å². The van der Waals surface area contributed by atoms with Crippen LogP contribution in [0.5, 0.6) is 0 Å². The normalized spacial score (nSPS) is 20.5. The van der Waals surface area contributed by atoms with Crippen molar-refractivity contribution in [1.29, 1.82) is 0 Å². The minimum Gasteiger partial charge on any atom is -0.448 e. The van der Waals surface area contributed by atoms with Gasteiger partial charge in [-0.15, -0.1) is 0 Å². The number of alkyl carbamates (subject to hydrolysis) is 1. The Kier molecular flexibility index (Phi) is 4.52. The molecule has 1 amide bonds. The van der Waals surface area contributed by atoms with E-state index >= 15 is 0 Å². The van der Waals surface area contributed by atoms with Crippen molar-refractivity contribution in [3.8, 4) is 11.1 Å². The first-order chi connectivity index (χ1) is 12.8. The Balaban J connectivity index is 1.47. The molecule has 4 rings (SSSR count). The topological polar surface area (TPSA) is 38.3 Å². The van der Waals surface area contributed by atoms with Crippen LogP contribution in [0.4, 0.5) is 4.79 Å². The summed E-state index contributed by atoms with van der Waals surface area (Å²) in [5, 5.41) is 2.79. The van der Waals surface area contributed by atoms with Crippen LogP contribution in [0.15, 0.2) is 96.8 Å². The van der Waals surface area contributed by atoms with Gasteiger partial charge in [0, 0.05) is 11.6 Å². The molecule has 0 atom stereocenters. The van der Waals surface area contributed by atoms with Crippen LogP contribution in [-0.4, -0.2) is 12.7 Å². The molecule has 2 aliphatic rings. The zero-order valence-electron chi connectivity index (χ0n) is 14.3. The monoisotopic (exact) mass is 341 g/mol. The summed E-state index contributed by atoms with van der Waals surface area (Å²) in [6.45, 7) is 0.312. The average molecular weight is 341 g/mol. The lowest BCUT2D eigenvalue weighted by molar-refractivity contribution is 0.146. The lowest BCUT2D eigenvalue weighted by Crippen LogP contribution is -2.25. The summed E-state index contributed by atoms with van der Waals surface area (Å²) < 4.78 is 5.55. The number of amides is 1. The third-order valence-electron chi connectivity index (χ3n) is 4.59. The number of nitrogens with one attached hydrogen (secondary N) is 1. The van der Waals surface area contributed by atoms with Crippen LogP contribution in [0.3, 0.4) is 0 Å². The Morgan fingerprint density at radius 2 is 1.46 bits per heavy atom. The van der Waals surface area contributed by atoms with E-state index in [1.165, 1.54) is 22.3 Å². The number of ether oxygens (including phenoxy) is 1. The first-order valence-corrected chi connectivity index (χ1v) is 8.66. The van der Waals surface area contributed by atoms with Gasteiger partial charge in [-0.3, -0.25) is 5.32 Å². The van der Waals surface area contributed by atoms with Crippen molar-refractivity contribution < 1.29 is 9.53 Å². The van der Waals surface area contributed by atoms with E-state index in [1.807, 2.05) is 66.8 Å². The SMILES string of the molecule is O=C(NC1=C/C=C\C=C/C=C\1)OCC1c2ccccc2-c2ccccc21. The number of fused-ring (bicyclic) bond motifs is 3. The van der Waals surface area contributed by atoms with E-state index in [0.29, 0.717) is 12.3 Å². The quantitative estimate of drug-likeness (QED) is 0.844. The molecule has 1 N–H and O–H groups in total. The predicted octanol–water partition coefficient (Wildman–Crippen LogP) is 5.09. The van der Waals surface area contributed by atoms with Gasteiger partial charge in [0.2, 0.25) is 0 Å². The van der Waals surface area contributed by atoms with E-state index in [-0.39, 0.29) is 5.92 Å². The first kappa shape index (κ1) is 16.2. The number of rotatable bonds is 3. The van der Waals surface area contributed by atoms with Crippen molar-refractivity contribution in [2.24, 2.45) is 0 Å². The molecule has 0 aromatic heterocycles. The van der Waals surface area contributed by atoms with Crippen molar-refractivity contribution in [2.45, 2.75) is 5.92 Å². The molecule has 0 saturated carbocycles. The van der Waals surface area contributed by atoms with Crippen molar-refractivity contribution >= 4 is 6.09 Å². The predicted molar refractivity (Wildman–Crippen MR) is 104 cm³/mol. The molecule has 0 radical (unpaired) electrons. The second-order valence-electron chi connectivity index (χ2n) is 6.20. The highest BCUT2D eigenvalue weighted by atomic mass is 16.5. The molecular weight excluding hydrogens is 322 g/mol. The van der Waals surface area contributed by atoms with Gasteiger partial charge in [-0.1, -0.05) is 78.9 Å². The van der Waals surface area contributed by atoms with Crippen LogP contribution < -0.4 is 5.32 Å².